The van der Waals surface area contributed by atoms with Crippen molar-refractivity contribution in [3.05, 3.63) is 65.5 Å². The molecule has 1 N–H and O–H groups in total. The molecule has 0 radical (unpaired) electrons. The highest BCUT2D eigenvalue weighted by Crippen LogP contribution is 2.23. The first-order valence-electron chi connectivity index (χ1n) is 7.34. The maximum Gasteiger partial charge on any atom is 0.269 e. The number of nitrogens with zero attached hydrogens (tertiary/aromatic N) is 1. The SMILES string of the molecule is Cc1cccc(C(=O)NCC(c2ccccc2)C(C)C)n1. The molecule has 0 saturated heterocycles. The van der Waals surface area contributed by atoms with Crippen LogP contribution in [0, 0.1) is 12.8 Å². The normalized spacial score (nSPS) is 12.2. The second-order valence-electron chi connectivity index (χ2n) is 5.64. The minimum Gasteiger partial charge on any atom is -0.350 e. The van der Waals surface area contributed by atoms with E-state index in [9.17, 15) is 4.79 Å². The number of nitrogens with one attached hydrogen (secondary N) is 1. The number of aromatic nitrogens is 1. The standard InChI is InChI=1S/C18H22N2O/c1-13(2)16(15-9-5-4-6-10-15)12-19-18(21)17-11-7-8-14(3)20-17/h4-11,13,16H,12H2,1-3H3,(H,19,21). The van der Waals surface area contributed by atoms with E-state index in [1.807, 2.05) is 37.3 Å². The Morgan fingerprint density at radius 2 is 1.81 bits per heavy atom. The Kier molecular flexibility index (Phi) is 5.09. The fraction of sp³-hybridized carbons (Fsp3) is 0.333. The summed E-state index contributed by atoms with van der Waals surface area (Å²) < 4.78 is 0. The second-order valence-corrected chi connectivity index (χ2v) is 5.64. The van der Waals surface area contributed by atoms with E-state index in [2.05, 4.69) is 36.3 Å². The van der Waals surface area contributed by atoms with Crippen LogP contribution in [0.5, 0.6) is 0 Å². The first-order valence-corrected chi connectivity index (χ1v) is 7.34. The van der Waals surface area contributed by atoms with Crippen molar-refractivity contribution in [3.8, 4) is 0 Å². The van der Waals surface area contributed by atoms with Crippen molar-refractivity contribution in [3.63, 3.8) is 0 Å². The average molecular weight is 282 g/mol. The Morgan fingerprint density at radius 3 is 2.43 bits per heavy atom. The van der Waals surface area contributed by atoms with Gasteiger partial charge in [0.2, 0.25) is 0 Å². The third kappa shape index (κ3) is 4.15. The van der Waals surface area contributed by atoms with Crippen LogP contribution in [-0.4, -0.2) is 17.4 Å². The van der Waals surface area contributed by atoms with Gasteiger partial charge in [0.1, 0.15) is 5.69 Å². The smallest absolute Gasteiger partial charge is 0.269 e. The van der Waals surface area contributed by atoms with E-state index in [0.717, 1.165) is 5.69 Å². The lowest BCUT2D eigenvalue weighted by atomic mass is 9.88. The molecule has 0 bridgehead atoms. The van der Waals surface area contributed by atoms with Gasteiger partial charge in [-0.25, -0.2) is 4.98 Å². The zero-order valence-corrected chi connectivity index (χ0v) is 12.8. The molecule has 0 fully saturated rings. The predicted molar refractivity (Wildman–Crippen MR) is 85.3 cm³/mol. The van der Waals surface area contributed by atoms with Crippen LogP contribution in [0.15, 0.2) is 48.5 Å². The number of pyridine rings is 1. The summed E-state index contributed by atoms with van der Waals surface area (Å²) in [6.07, 6.45) is 0. The van der Waals surface area contributed by atoms with E-state index >= 15 is 0 Å². The van der Waals surface area contributed by atoms with Crippen molar-refractivity contribution in [2.45, 2.75) is 26.7 Å². The monoisotopic (exact) mass is 282 g/mol. The molecule has 3 heteroatoms. The first kappa shape index (κ1) is 15.2. The van der Waals surface area contributed by atoms with E-state index in [0.29, 0.717) is 24.1 Å². The molecule has 1 aromatic carbocycles. The Labute approximate surface area is 126 Å². The minimum atomic E-state index is -0.111. The van der Waals surface area contributed by atoms with Crippen LogP contribution in [0.3, 0.4) is 0 Å². The van der Waals surface area contributed by atoms with Crippen molar-refractivity contribution in [1.82, 2.24) is 10.3 Å². The number of benzene rings is 1. The molecule has 1 unspecified atom stereocenters. The summed E-state index contributed by atoms with van der Waals surface area (Å²) in [7, 11) is 0. The van der Waals surface area contributed by atoms with Crippen LogP contribution >= 0.6 is 0 Å². The third-order valence-electron chi connectivity index (χ3n) is 3.64. The van der Waals surface area contributed by atoms with E-state index in [4.69, 9.17) is 0 Å². The molecule has 2 rings (SSSR count). The Hall–Kier alpha value is -2.16. The third-order valence-corrected chi connectivity index (χ3v) is 3.64. The quantitative estimate of drug-likeness (QED) is 0.911. The lowest BCUT2D eigenvalue weighted by Gasteiger charge is -2.21. The van der Waals surface area contributed by atoms with Crippen LogP contribution in [0.2, 0.25) is 0 Å². The fourth-order valence-corrected chi connectivity index (χ4v) is 2.40. The largest absolute Gasteiger partial charge is 0.350 e. The predicted octanol–water partition coefficient (Wildman–Crippen LogP) is 3.56. The van der Waals surface area contributed by atoms with Crippen LogP contribution in [0.4, 0.5) is 0 Å². The maximum absolute atomic E-state index is 12.2. The molecule has 1 heterocycles. The Balaban J connectivity index is 2.04. The highest BCUT2D eigenvalue weighted by Gasteiger charge is 2.17. The molecule has 0 aliphatic rings. The van der Waals surface area contributed by atoms with Crippen molar-refractivity contribution < 1.29 is 4.79 Å². The van der Waals surface area contributed by atoms with E-state index in [1.54, 1.807) is 6.07 Å². The molecule has 21 heavy (non-hydrogen) atoms. The van der Waals surface area contributed by atoms with Gasteiger partial charge in [0.25, 0.3) is 5.91 Å². The van der Waals surface area contributed by atoms with Gasteiger partial charge in [0.15, 0.2) is 0 Å². The first-order chi connectivity index (χ1) is 10.1. The molecular weight excluding hydrogens is 260 g/mol. The maximum atomic E-state index is 12.2. The molecule has 1 aromatic heterocycles. The summed E-state index contributed by atoms with van der Waals surface area (Å²) >= 11 is 0. The zero-order chi connectivity index (χ0) is 15.2. The zero-order valence-electron chi connectivity index (χ0n) is 12.8. The topological polar surface area (TPSA) is 42.0 Å². The molecule has 3 nitrogen and oxygen atoms in total. The van der Waals surface area contributed by atoms with Gasteiger partial charge in [-0.3, -0.25) is 4.79 Å². The molecule has 0 saturated carbocycles. The molecule has 0 aliphatic carbocycles. The van der Waals surface area contributed by atoms with Crippen LogP contribution < -0.4 is 5.32 Å². The van der Waals surface area contributed by atoms with Crippen molar-refractivity contribution in [2.24, 2.45) is 5.92 Å². The van der Waals surface area contributed by atoms with Gasteiger partial charge in [0, 0.05) is 18.2 Å². The average Bonchev–Trinajstić information content (AvgIpc) is 2.48. The molecular formula is C18H22N2O. The van der Waals surface area contributed by atoms with Crippen molar-refractivity contribution >= 4 is 5.91 Å². The highest BCUT2D eigenvalue weighted by atomic mass is 16.1. The van der Waals surface area contributed by atoms with Gasteiger partial charge in [-0.2, -0.15) is 0 Å². The van der Waals surface area contributed by atoms with Gasteiger partial charge in [-0.05, 0) is 30.5 Å². The summed E-state index contributed by atoms with van der Waals surface area (Å²) in [4.78, 5) is 16.4. The molecule has 110 valence electrons. The lowest BCUT2D eigenvalue weighted by molar-refractivity contribution is 0.0944. The summed E-state index contributed by atoms with van der Waals surface area (Å²) in [6, 6.07) is 15.8. The number of aryl methyl sites for hydroxylation is 1. The summed E-state index contributed by atoms with van der Waals surface area (Å²) in [6.45, 7) is 6.86. The van der Waals surface area contributed by atoms with Crippen LogP contribution in [0.25, 0.3) is 0 Å². The summed E-state index contributed by atoms with van der Waals surface area (Å²) in [5, 5.41) is 3.00. The second kappa shape index (κ2) is 7.02. The fourth-order valence-electron chi connectivity index (χ4n) is 2.40. The number of hydrogen-bond donors (Lipinski definition) is 1. The van der Waals surface area contributed by atoms with Crippen LogP contribution in [0.1, 0.15) is 41.5 Å². The minimum absolute atomic E-state index is 0.111. The molecule has 1 atom stereocenters. The number of hydrogen-bond acceptors (Lipinski definition) is 2. The van der Waals surface area contributed by atoms with Gasteiger partial charge >= 0.3 is 0 Å². The van der Waals surface area contributed by atoms with Gasteiger partial charge in [-0.15, -0.1) is 0 Å². The van der Waals surface area contributed by atoms with Gasteiger partial charge in [-0.1, -0.05) is 50.2 Å². The lowest BCUT2D eigenvalue weighted by Crippen LogP contribution is -2.31. The van der Waals surface area contributed by atoms with E-state index < -0.39 is 0 Å². The van der Waals surface area contributed by atoms with E-state index in [1.165, 1.54) is 5.56 Å². The molecule has 1 amide bonds. The van der Waals surface area contributed by atoms with Crippen LogP contribution in [-0.2, 0) is 0 Å². The number of carbonyl (C=O) groups excluding carboxylic acids is 1. The number of rotatable bonds is 5. The Morgan fingerprint density at radius 1 is 1.10 bits per heavy atom. The molecule has 2 aromatic rings. The molecule has 0 spiro atoms. The van der Waals surface area contributed by atoms with Crippen molar-refractivity contribution in [2.75, 3.05) is 6.54 Å². The number of carbonyl (C=O) groups is 1. The molecule has 0 aliphatic heterocycles. The number of amides is 1. The van der Waals surface area contributed by atoms with Gasteiger partial charge in [0.05, 0.1) is 0 Å². The van der Waals surface area contributed by atoms with Gasteiger partial charge < -0.3 is 5.32 Å². The van der Waals surface area contributed by atoms with E-state index in [-0.39, 0.29) is 5.91 Å². The van der Waals surface area contributed by atoms with Crippen molar-refractivity contribution in [1.29, 1.82) is 0 Å². The summed E-state index contributed by atoms with van der Waals surface area (Å²) in [5.74, 6) is 0.651. The Bertz CT molecular complexity index is 593. The highest BCUT2D eigenvalue weighted by molar-refractivity contribution is 5.92. The summed E-state index contributed by atoms with van der Waals surface area (Å²) in [5.41, 5.74) is 2.58.